The molecule has 1 saturated heterocycles. The van der Waals surface area contributed by atoms with E-state index in [0.717, 1.165) is 23.7 Å². The van der Waals surface area contributed by atoms with Crippen molar-refractivity contribution in [1.29, 1.82) is 0 Å². The van der Waals surface area contributed by atoms with Gasteiger partial charge in [0.15, 0.2) is 0 Å². The SMILES string of the molecule is CN1CCN(c2ccc(SOc3cccc(Cl)c3)cc2)C1=O. The van der Waals surface area contributed by atoms with Gasteiger partial charge in [0.05, 0.1) is 12.0 Å². The highest BCUT2D eigenvalue weighted by atomic mass is 35.5. The molecule has 1 aliphatic rings. The Morgan fingerprint density at radius 1 is 1.14 bits per heavy atom. The molecule has 2 aromatic rings. The monoisotopic (exact) mass is 334 g/mol. The Hall–Kier alpha value is -1.85. The predicted octanol–water partition coefficient (Wildman–Crippen LogP) is 4.30. The van der Waals surface area contributed by atoms with Gasteiger partial charge in [-0.25, -0.2) is 4.79 Å². The fraction of sp³-hybridized carbons (Fsp3) is 0.188. The first-order chi connectivity index (χ1) is 10.6. The second kappa shape index (κ2) is 6.50. The van der Waals surface area contributed by atoms with Crippen molar-refractivity contribution in [3.63, 3.8) is 0 Å². The maximum absolute atomic E-state index is 11.9. The van der Waals surface area contributed by atoms with Crippen LogP contribution in [0, 0.1) is 0 Å². The lowest BCUT2D eigenvalue weighted by molar-refractivity contribution is 0.229. The molecule has 0 atom stereocenters. The van der Waals surface area contributed by atoms with E-state index in [4.69, 9.17) is 15.8 Å². The minimum atomic E-state index is 0.0376. The number of anilines is 1. The van der Waals surface area contributed by atoms with Crippen LogP contribution in [-0.2, 0) is 0 Å². The molecule has 0 aliphatic carbocycles. The van der Waals surface area contributed by atoms with E-state index in [-0.39, 0.29) is 6.03 Å². The molecule has 22 heavy (non-hydrogen) atoms. The molecular weight excluding hydrogens is 320 g/mol. The summed E-state index contributed by atoms with van der Waals surface area (Å²) in [5, 5.41) is 0.644. The molecular formula is C16H15ClN2O2S. The summed E-state index contributed by atoms with van der Waals surface area (Å²) in [6.45, 7) is 1.48. The Kier molecular flexibility index (Phi) is 4.45. The van der Waals surface area contributed by atoms with Crippen LogP contribution in [0.3, 0.4) is 0 Å². The van der Waals surface area contributed by atoms with Crippen LogP contribution in [0.5, 0.6) is 5.75 Å². The number of carbonyl (C=O) groups excluding carboxylic acids is 1. The number of nitrogens with zero attached hydrogens (tertiary/aromatic N) is 2. The largest absolute Gasteiger partial charge is 0.421 e. The summed E-state index contributed by atoms with van der Waals surface area (Å²) in [5.41, 5.74) is 0.904. The summed E-state index contributed by atoms with van der Waals surface area (Å²) < 4.78 is 5.62. The van der Waals surface area contributed by atoms with Crippen LogP contribution in [0.15, 0.2) is 53.4 Å². The molecule has 0 saturated carbocycles. The molecule has 2 aromatic carbocycles. The lowest BCUT2D eigenvalue weighted by atomic mass is 10.3. The maximum atomic E-state index is 11.9. The molecule has 0 N–H and O–H groups in total. The molecule has 0 aromatic heterocycles. The molecule has 1 aliphatic heterocycles. The highest BCUT2D eigenvalue weighted by Crippen LogP contribution is 2.28. The van der Waals surface area contributed by atoms with Gasteiger partial charge in [0.1, 0.15) is 5.75 Å². The van der Waals surface area contributed by atoms with Crippen LogP contribution in [0.25, 0.3) is 0 Å². The molecule has 0 bridgehead atoms. The van der Waals surface area contributed by atoms with Crippen molar-refractivity contribution in [2.24, 2.45) is 0 Å². The van der Waals surface area contributed by atoms with Gasteiger partial charge in [0.25, 0.3) is 0 Å². The number of halogens is 1. The topological polar surface area (TPSA) is 32.8 Å². The molecule has 114 valence electrons. The van der Waals surface area contributed by atoms with E-state index in [1.54, 1.807) is 21.9 Å². The van der Waals surface area contributed by atoms with Crippen molar-refractivity contribution < 1.29 is 8.98 Å². The van der Waals surface area contributed by atoms with Gasteiger partial charge >= 0.3 is 6.03 Å². The number of benzene rings is 2. The zero-order valence-corrected chi connectivity index (χ0v) is 13.6. The van der Waals surface area contributed by atoms with Crippen LogP contribution in [0.4, 0.5) is 10.5 Å². The van der Waals surface area contributed by atoms with Gasteiger partial charge in [0, 0.05) is 41.8 Å². The smallest absolute Gasteiger partial charge is 0.324 e. The van der Waals surface area contributed by atoms with Gasteiger partial charge in [-0.3, -0.25) is 4.90 Å². The third-order valence-electron chi connectivity index (χ3n) is 3.40. The highest BCUT2D eigenvalue weighted by molar-refractivity contribution is 7.95. The van der Waals surface area contributed by atoms with E-state index in [2.05, 4.69) is 0 Å². The molecule has 3 rings (SSSR count). The third-order valence-corrected chi connectivity index (χ3v) is 4.37. The second-order valence-corrected chi connectivity index (χ2v) is 6.21. The normalized spacial score (nSPS) is 14.5. The first-order valence-corrected chi connectivity index (χ1v) is 7.98. The summed E-state index contributed by atoms with van der Waals surface area (Å²) >= 11 is 7.18. The number of amides is 2. The van der Waals surface area contributed by atoms with Crippen molar-refractivity contribution in [1.82, 2.24) is 4.90 Å². The quantitative estimate of drug-likeness (QED) is 0.782. The van der Waals surface area contributed by atoms with Gasteiger partial charge in [-0.2, -0.15) is 0 Å². The zero-order chi connectivity index (χ0) is 15.5. The Labute approximate surface area is 138 Å². The minimum Gasteiger partial charge on any atom is -0.421 e. The fourth-order valence-electron chi connectivity index (χ4n) is 2.18. The molecule has 4 nitrogen and oxygen atoms in total. The number of likely N-dealkylation sites (N-methyl/N-ethyl adjacent to an activating group) is 1. The average molecular weight is 335 g/mol. The fourth-order valence-corrected chi connectivity index (χ4v) is 2.91. The molecule has 1 fully saturated rings. The number of carbonyl (C=O) groups is 1. The molecule has 2 amide bonds. The molecule has 0 spiro atoms. The van der Waals surface area contributed by atoms with Crippen LogP contribution in [-0.4, -0.2) is 31.1 Å². The summed E-state index contributed by atoms with van der Waals surface area (Å²) in [6.07, 6.45) is 0. The molecule has 1 heterocycles. The first kappa shape index (κ1) is 15.1. The predicted molar refractivity (Wildman–Crippen MR) is 89.8 cm³/mol. The van der Waals surface area contributed by atoms with Gasteiger partial charge in [-0.15, -0.1) is 0 Å². The summed E-state index contributed by atoms with van der Waals surface area (Å²) in [7, 11) is 1.81. The molecule has 0 unspecified atom stereocenters. The van der Waals surface area contributed by atoms with E-state index in [9.17, 15) is 4.79 Å². The summed E-state index contributed by atoms with van der Waals surface area (Å²) in [4.78, 5) is 16.4. The summed E-state index contributed by atoms with van der Waals surface area (Å²) in [6, 6.07) is 15.0. The Bertz CT molecular complexity index is 678. The van der Waals surface area contributed by atoms with Crippen LogP contribution >= 0.6 is 23.6 Å². The standard InChI is InChI=1S/C16H15ClN2O2S/c1-18-9-10-19(16(18)20)13-5-7-15(8-6-13)22-21-14-4-2-3-12(17)11-14/h2-8,11H,9-10H2,1H3. The lowest BCUT2D eigenvalue weighted by Gasteiger charge is -2.16. The number of urea groups is 1. The first-order valence-electron chi connectivity index (χ1n) is 6.86. The van der Waals surface area contributed by atoms with Crippen LogP contribution < -0.4 is 9.08 Å². The van der Waals surface area contributed by atoms with E-state index >= 15 is 0 Å². The molecule has 6 heteroatoms. The minimum absolute atomic E-state index is 0.0376. The van der Waals surface area contributed by atoms with E-state index < -0.39 is 0 Å². The molecule has 0 radical (unpaired) electrons. The zero-order valence-electron chi connectivity index (χ0n) is 12.0. The summed E-state index contributed by atoms with van der Waals surface area (Å²) in [5.74, 6) is 0.706. The van der Waals surface area contributed by atoms with E-state index in [1.807, 2.05) is 43.4 Å². The van der Waals surface area contributed by atoms with Gasteiger partial charge in [-0.1, -0.05) is 17.7 Å². The Morgan fingerprint density at radius 2 is 1.91 bits per heavy atom. The van der Waals surface area contributed by atoms with Crippen molar-refractivity contribution >= 4 is 35.4 Å². The van der Waals surface area contributed by atoms with Gasteiger partial charge in [0.2, 0.25) is 0 Å². The van der Waals surface area contributed by atoms with E-state index in [0.29, 0.717) is 10.8 Å². The Morgan fingerprint density at radius 3 is 2.55 bits per heavy atom. The van der Waals surface area contributed by atoms with Crippen molar-refractivity contribution in [2.45, 2.75) is 4.90 Å². The van der Waals surface area contributed by atoms with E-state index in [1.165, 1.54) is 12.0 Å². The van der Waals surface area contributed by atoms with Crippen molar-refractivity contribution in [3.05, 3.63) is 53.6 Å². The number of hydrogen-bond acceptors (Lipinski definition) is 3. The van der Waals surface area contributed by atoms with Crippen molar-refractivity contribution in [3.8, 4) is 5.75 Å². The van der Waals surface area contributed by atoms with Crippen LogP contribution in [0.1, 0.15) is 0 Å². The second-order valence-electron chi connectivity index (χ2n) is 4.97. The number of hydrogen-bond donors (Lipinski definition) is 0. The van der Waals surface area contributed by atoms with Crippen LogP contribution in [0.2, 0.25) is 5.02 Å². The number of rotatable bonds is 4. The maximum Gasteiger partial charge on any atom is 0.324 e. The third kappa shape index (κ3) is 3.31. The lowest BCUT2D eigenvalue weighted by Crippen LogP contribution is -2.29. The van der Waals surface area contributed by atoms with Gasteiger partial charge < -0.3 is 9.08 Å². The Balaban J connectivity index is 1.63. The highest BCUT2D eigenvalue weighted by Gasteiger charge is 2.26. The van der Waals surface area contributed by atoms with Crippen molar-refractivity contribution in [2.75, 3.05) is 25.0 Å². The average Bonchev–Trinajstić information content (AvgIpc) is 2.86. The van der Waals surface area contributed by atoms with Gasteiger partial charge in [-0.05, 0) is 36.4 Å².